The normalized spacial score (nSPS) is 22.6. The Morgan fingerprint density at radius 3 is 2.44 bits per heavy atom. The number of hydroxylamine groups is 1. The molecular formula is C6H11NO2. The molecule has 0 saturated heterocycles. The first-order valence-corrected chi connectivity index (χ1v) is 3.24. The number of nitrogens with one attached hydrogen (secondary N) is 1. The van der Waals surface area contributed by atoms with Crippen LogP contribution in [-0.4, -0.2) is 17.0 Å². The van der Waals surface area contributed by atoms with Gasteiger partial charge in [-0.1, -0.05) is 0 Å². The first kappa shape index (κ1) is 6.71. The van der Waals surface area contributed by atoms with Crippen LogP contribution in [0.3, 0.4) is 0 Å². The second-order valence-electron chi connectivity index (χ2n) is 2.44. The molecule has 0 amide bonds. The molecule has 9 heavy (non-hydrogen) atoms. The molecule has 52 valence electrons. The molecule has 0 radical (unpaired) electrons. The maximum absolute atomic E-state index is 10.6. The molecule has 0 bridgehead atoms. The Kier molecular flexibility index (Phi) is 2.19. The Bertz CT molecular complexity index is 104. The molecule has 0 aliphatic heterocycles. The van der Waals surface area contributed by atoms with Gasteiger partial charge in [0.2, 0.25) is 0 Å². The van der Waals surface area contributed by atoms with E-state index < -0.39 is 0 Å². The summed E-state index contributed by atoms with van der Waals surface area (Å²) >= 11 is 0. The monoisotopic (exact) mass is 129 g/mol. The van der Waals surface area contributed by atoms with E-state index in [2.05, 4.69) is 5.48 Å². The Labute approximate surface area is 54.0 Å². The number of hydrogen-bond donors (Lipinski definition) is 2. The lowest BCUT2D eigenvalue weighted by Crippen LogP contribution is -2.30. The van der Waals surface area contributed by atoms with E-state index in [1.165, 1.54) is 0 Å². The molecule has 3 nitrogen and oxygen atoms in total. The summed E-state index contributed by atoms with van der Waals surface area (Å²) in [6.45, 7) is 0. The fraction of sp³-hybridized carbons (Fsp3) is 0.833. The van der Waals surface area contributed by atoms with E-state index in [9.17, 15) is 4.79 Å². The third kappa shape index (κ3) is 1.77. The predicted molar refractivity (Wildman–Crippen MR) is 32.2 cm³/mol. The standard InChI is InChI=1S/C6H11NO2/c8-6-3-1-5(7-9)2-4-6/h5,7,9H,1-4H2. The Morgan fingerprint density at radius 2 is 2.00 bits per heavy atom. The third-order valence-electron chi connectivity index (χ3n) is 1.73. The Hall–Kier alpha value is -0.410. The van der Waals surface area contributed by atoms with Crippen molar-refractivity contribution in [3.8, 4) is 0 Å². The summed E-state index contributed by atoms with van der Waals surface area (Å²) in [6.07, 6.45) is 2.82. The van der Waals surface area contributed by atoms with Crippen LogP contribution in [0.4, 0.5) is 0 Å². The predicted octanol–water partition coefficient (Wildman–Crippen LogP) is 0.477. The number of rotatable bonds is 1. The van der Waals surface area contributed by atoms with Gasteiger partial charge < -0.3 is 5.21 Å². The van der Waals surface area contributed by atoms with E-state index in [1.807, 2.05) is 0 Å². The van der Waals surface area contributed by atoms with E-state index in [0.717, 1.165) is 12.8 Å². The van der Waals surface area contributed by atoms with Crippen LogP contribution in [0, 0.1) is 0 Å². The highest BCUT2D eigenvalue weighted by Gasteiger charge is 2.16. The molecule has 2 N–H and O–H groups in total. The fourth-order valence-electron chi connectivity index (χ4n) is 1.07. The molecule has 0 atom stereocenters. The second kappa shape index (κ2) is 2.94. The maximum atomic E-state index is 10.6. The highest BCUT2D eigenvalue weighted by molar-refractivity contribution is 5.79. The molecule has 1 aliphatic carbocycles. The number of carbonyl (C=O) groups is 1. The summed E-state index contributed by atoms with van der Waals surface area (Å²) in [5, 5.41) is 8.42. The van der Waals surface area contributed by atoms with Crippen molar-refractivity contribution in [1.82, 2.24) is 5.48 Å². The van der Waals surface area contributed by atoms with Gasteiger partial charge >= 0.3 is 0 Å². The highest BCUT2D eigenvalue weighted by atomic mass is 16.5. The summed E-state index contributed by atoms with van der Waals surface area (Å²) in [5.74, 6) is 0.321. The van der Waals surface area contributed by atoms with E-state index in [0.29, 0.717) is 18.6 Å². The smallest absolute Gasteiger partial charge is 0.133 e. The molecule has 0 spiro atoms. The first-order chi connectivity index (χ1) is 4.33. The van der Waals surface area contributed by atoms with E-state index in [1.54, 1.807) is 0 Å². The van der Waals surface area contributed by atoms with Gasteiger partial charge in [-0.05, 0) is 12.8 Å². The molecule has 3 heteroatoms. The van der Waals surface area contributed by atoms with Crippen LogP contribution in [0.15, 0.2) is 0 Å². The Morgan fingerprint density at radius 1 is 1.44 bits per heavy atom. The zero-order valence-electron chi connectivity index (χ0n) is 5.26. The topological polar surface area (TPSA) is 49.3 Å². The molecule has 0 aromatic heterocycles. The van der Waals surface area contributed by atoms with Crippen LogP contribution in [0.2, 0.25) is 0 Å². The quantitative estimate of drug-likeness (QED) is 0.506. The summed E-state index contributed by atoms with van der Waals surface area (Å²) in [6, 6.07) is 0.155. The average Bonchev–Trinajstić information content (AvgIpc) is 1.90. The van der Waals surface area contributed by atoms with Gasteiger partial charge in [0, 0.05) is 18.9 Å². The summed E-state index contributed by atoms with van der Waals surface area (Å²) < 4.78 is 0. The summed E-state index contributed by atoms with van der Waals surface area (Å²) in [4.78, 5) is 10.6. The first-order valence-electron chi connectivity index (χ1n) is 3.24. The zero-order valence-corrected chi connectivity index (χ0v) is 5.26. The van der Waals surface area contributed by atoms with Gasteiger partial charge in [-0.25, -0.2) is 5.48 Å². The third-order valence-corrected chi connectivity index (χ3v) is 1.73. The van der Waals surface area contributed by atoms with Crippen molar-refractivity contribution in [3.63, 3.8) is 0 Å². The average molecular weight is 129 g/mol. The molecule has 0 aromatic carbocycles. The summed E-state index contributed by atoms with van der Waals surface area (Å²) in [7, 11) is 0. The van der Waals surface area contributed by atoms with E-state index >= 15 is 0 Å². The SMILES string of the molecule is O=C1CCC(NO)CC1. The minimum Gasteiger partial charge on any atom is -0.317 e. The van der Waals surface area contributed by atoms with Gasteiger partial charge in [-0.3, -0.25) is 4.79 Å². The van der Waals surface area contributed by atoms with Crippen LogP contribution >= 0.6 is 0 Å². The number of carbonyl (C=O) groups excluding carboxylic acids is 1. The molecule has 0 heterocycles. The number of hydrogen-bond acceptors (Lipinski definition) is 3. The van der Waals surface area contributed by atoms with Crippen LogP contribution in [-0.2, 0) is 4.79 Å². The molecule has 1 fully saturated rings. The molecule has 0 aromatic rings. The van der Waals surface area contributed by atoms with Crippen molar-refractivity contribution in [2.45, 2.75) is 31.7 Å². The maximum Gasteiger partial charge on any atom is 0.133 e. The van der Waals surface area contributed by atoms with Crippen molar-refractivity contribution >= 4 is 5.78 Å². The molecule has 1 rings (SSSR count). The van der Waals surface area contributed by atoms with Gasteiger partial charge in [0.15, 0.2) is 0 Å². The molecular weight excluding hydrogens is 118 g/mol. The number of ketones is 1. The minimum atomic E-state index is 0.155. The molecule has 0 unspecified atom stereocenters. The van der Waals surface area contributed by atoms with Gasteiger partial charge in [-0.15, -0.1) is 0 Å². The lowest BCUT2D eigenvalue weighted by atomic mass is 9.95. The zero-order chi connectivity index (χ0) is 6.69. The van der Waals surface area contributed by atoms with Gasteiger partial charge in [0.05, 0.1) is 0 Å². The van der Waals surface area contributed by atoms with Crippen molar-refractivity contribution in [3.05, 3.63) is 0 Å². The largest absolute Gasteiger partial charge is 0.317 e. The van der Waals surface area contributed by atoms with Crippen LogP contribution < -0.4 is 5.48 Å². The fourth-order valence-corrected chi connectivity index (χ4v) is 1.07. The van der Waals surface area contributed by atoms with Crippen LogP contribution in [0.5, 0.6) is 0 Å². The highest BCUT2D eigenvalue weighted by Crippen LogP contribution is 2.13. The van der Waals surface area contributed by atoms with Gasteiger partial charge in [-0.2, -0.15) is 0 Å². The lowest BCUT2D eigenvalue weighted by molar-refractivity contribution is -0.121. The Balaban J connectivity index is 2.26. The van der Waals surface area contributed by atoms with E-state index in [4.69, 9.17) is 5.21 Å². The van der Waals surface area contributed by atoms with E-state index in [-0.39, 0.29) is 6.04 Å². The molecule has 1 aliphatic rings. The van der Waals surface area contributed by atoms with Crippen molar-refractivity contribution in [1.29, 1.82) is 0 Å². The van der Waals surface area contributed by atoms with Crippen molar-refractivity contribution < 1.29 is 10.0 Å². The van der Waals surface area contributed by atoms with Crippen molar-refractivity contribution in [2.24, 2.45) is 0 Å². The number of Topliss-reactive ketones (excluding diaryl/α,β-unsaturated/α-hetero) is 1. The second-order valence-corrected chi connectivity index (χ2v) is 2.44. The van der Waals surface area contributed by atoms with Crippen LogP contribution in [0.1, 0.15) is 25.7 Å². The van der Waals surface area contributed by atoms with Crippen LogP contribution in [0.25, 0.3) is 0 Å². The minimum absolute atomic E-state index is 0.155. The van der Waals surface area contributed by atoms with Gasteiger partial charge in [0.1, 0.15) is 5.78 Å². The van der Waals surface area contributed by atoms with Gasteiger partial charge in [0.25, 0.3) is 0 Å². The summed E-state index contributed by atoms with van der Waals surface area (Å²) in [5.41, 5.74) is 2.17. The van der Waals surface area contributed by atoms with Crippen molar-refractivity contribution in [2.75, 3.05) is 0 Å². The molecule has 1 saturated carbocycles. The lowest BCUT2D eigenvalue weighted by Gasteiger charge is -2.18.